The summed E-state index contributed by atoms with van der Waals surface area (Å²) in [6.45, 7) is 3.62. The van der Waals surface area contributed by atoms with E-state index in [2.05, 4.69) is 15.2 Å². The second-order valence-electron chi connectivity index (χ2n) is 6.59. The van der Waals surface area contributed by atoms with Gasteiger partial charge in [0.1, 0.15) is 0 Å². The smallest absolute Gasteiger partial charge is 0.253 e. The van der Waals surface area contributed by atoms with Crippen molar-refractivity contribution in [2.45, 2.75) is 56.0 Å². The summed E-state index contributed by atoms with van der Waals surface area (Å²) in [5, 5.41) is 4.12. The Morgan fingerprint density at radius 3 is 2.65 bits per heavy atom. The molecule has 3 rings (SSSR count). The number of amides is 1. The van der Waals surface area contributed by atoms with Gasteiger partial charge in [0, 0.05) is 24.5 Å². The lowest BCUT2D eigenvalue weighted by Gasteiger charge is -2.25. The number of carbonyl (C=O) groups excluding carboxylic acids is 1. The van der Waals surface area contributed by atoms with Crippen molar-refractivity contribution in [2.24, 2.45) is 0 Å². The number of likely N-dealkylation sites (tertiary alicyclic amines) is 1. The average Bonchev–Trinajstić information content (AvgIpc) is 3.09. The Morgan fingerprint density at radius 1 is 1.17 bits per heavy atom. The van der Waals surface area contributed by atoms with Crippen LogP contribution in [0, 0.1) is 0 Å². The van der Waals surface area contributed by atoms with Crippen molar-refractivity contribution < 1.29 is 4.79 Å². The highest BCUT2D eigenvalue weighted by atomic mass is 32.2. The van der Waals surface area contributed by atoms with Gasteiger partial charge >= 0.3 is 0 Å². The fourth-order valence-electron chi connectivity index (χ4n) is 3.40. The molecule has 4 nitrogen and oxygen atoms in total. The van der Waals surface area contributed by atoms with Gasteiger partial charge in [-0.05, 0) is 50.9 Å². The lowest BCUT2D eigenvalue weighted by Crippen LogP contribution is -2.32. The second kappa shape index (κ2) is 8.69. The van der Waals surface area contributed by atoms with E-state index in [9.17, 15) is 4.79 Å². The van der Waals surface area contributed by atoms with E-state index in [4.69, 9.17) is 0 Å². The number of rotatable bonds is 6. The molecule has 23 heavy (non-hydrogen) atoms. The van der Waals surface area contributed by atoms with Gasteiger partial charge in [-0.15, -0.1) is 11.8 Å². The SMILES string of the molecule is O=C(NC1CCCC1)c1ccc(SCCN2CCCCC2)nc1. The van der Waals surface area contributed by atoms with Crippen LogP contribution in [0.25, 0.3) is 0 Å². The molecule has 1 saturated carbocycles. The Hall–Kier alpha value is -1.07. The molecule has 1 saturated heterocycles. The van der Waals surface area contributed by atoms with E-state index in [1.807, 2.05) is 12.1 Å². The first-order valence-electron chi connectivity index (χ1n) is 8.93. The van der Waals surface area contributed by atoms with Crippen LogP contribution in [-0.4, -0.2) is 47.2 Å². The van der Waals surface area contributed by atoms with Gasteiger partial charge < -0.3 is 10.2 Å². The maximum atomic E-state index is 12.2. The highest BCUT2D eigenvalue weighted by Crippen LogP contribution is 2.19. The Balaban J connectivity index is 1.41. The molecule has 1 aliphatic carbocycles. The molecule has 0 aromatic carbocycles. The molecule has 1 N–H and O–H groups in total. The van der Waals surface area contributed by atoms with Gasteiger partial charge in [0.25, 0.3) is 5.91 Å². The van der Waals surface area contributed by atoms with E-state index in [0.29, 0.717) is 11.6 Å². The molecular formula is C18H27N3OS. The Kier molecular flexibility index (Phi) is 6.34. The molecular weight excluding hydrogens is 306 g/mol. The zero-order valence-electron chi connectivity index (χ0n) is 13.8. The van der Waals surface area contributed by atoms with Crippen molar-refractivity contribution in [3.8, 4) is 0 Å². The summed E-state index contributed by atoms with van der Waals surface area (Å²) in [5.41, 5.74) is 0.678. The monoisotopic (exact) mass is 333 g/mol. The van der Waals surface area contributed by atoms with Crippen LogP contribution in [0.1, 0.15) is 55.3 Å². The van der Waals surface area contributed by atoms with Crippen molar-refractivity contribution in [1.29, 1.82) is 0 Å². The van der Waals surface area contributed by atoms with E-state index < -0.39 is 0 Å². The fourth-order valence-corrected chi connectivity index (χ4v) is 4.25. The van der Waals surface area contributed by atoms with Gasteiger partial charge in [0.2, 0.25) is 0 Å². The summed E-state index contributed by atoms with van der Waals surface area (Å²) in [6, 6.07) is 4.24. The Morgan fingerprint density at radius 2 is 1.96 bits per heavy atom. The number of nitrogens with zero attached hydrogens (tertiary/aromatic N) is 2. The van der Waals surface area contributed by atoms with Crippen LogP contribution < -0.4 is 5.32 Å². The zero-order chi connectivity index (χ0) is 15.9. The van der Waals surface area contributed by atoms with Gasteiger partial charge in [-0.2, -0.15) is 0 Å². The number of thioether (sulfide) groups is 1. The molecule has 2 fully saturated rings. The maximum absolute atomic E-state index is 12.2. The van der Waals surface area contributed by atoms with Gasteiger partial charge in [-0.3, -0.25) is 4.79 Å². The largest absolute Gasteiger partial charge is 0.349 e. The zero-order valence-corrected chi connectivity index (χ0v) is 14.6. The number of pyridine rings is 1. The van der Waals surface area contributed by atoms with Gasteiger partial charge in [-0.25, -0.2) is 4.98 Å². The van der Waals surface area contributed by atoms with Gasteiger partial charge in [0.15, 0.2) is 0 Å². The summed E-state index contributed by atoms with van der Waals surface area (Å²) < 4.78 is 0. The molecule has 0 bridgehead atoms. The first kappa shape index (κ1) is 16.8. The summed E-state index contributed by atoms with van der Waals surface area (Å²) in [4.78, 5) is 19.2. The van der Waals surface area contributed by atoms with Crippen LogP contribution in [0.15, 0.2) is 23.4 Å². The molecule has 0 spiro atoms. The first-order chi connectivity index (χ1) is 11.3. The number of hydrogen-bond acceptors (Lipinski definition) is 4. The van der Waals surface area contributed by atoms with Crippen molar-refractivity contribution >= 4 is 17.7 Å². The number of aromatic nitrogens is 1. The molecule has 2 aliphatic rings. The van der Waals surface area contributed by atoms with Crippen LogP contribution >= 0.6 is 11.8 Å². The van der Waals surface area contributed by atoms with Crippen LogP contribution in [0.5, 0.6) is 0 Å². The predicted octanol–water partition coefficient (Wildman–Crippen LogP) is 3.33. The third-order valence-corrected chi connectivity index (χ3v) is 5.72. The summed E-state index contributed by atoms with van der Waals surface area (Å²) in [6.07, 6.45) is 10.5. The highest BCUT2D eigenvalue weighted by molar-refractivity contribution is 7.99. The van der Waals surface area contributed by atoms with E-state index in [1.54, 1.807) is 18.0 Å². The van der Waals surface area contributed by atoms with Crippen LogP contribution in [0.4, 0.5) is 0 Å². The van der Waals surface area contributed by atoms with Gasteiger partial charge in [0.05, 0.1) is 10.6 Å². The molecule has 126 valence electrons. The summed E-state index contributed by atoms with van der Waals surface area (Å²) in [7, 11) is 0. The lowest BCUT2D eigenvalue weighted by atomic mass is 10.1. The third kappa shape index (κ3) is 5.21. The topological polar surface area (TPSA) is 45.2 Å². The number of carbonyl (C=O) groups is 1. The Bertz CT molecular complexity index is 493. The molecule has 1 aliphatic heterocycles. The van der Waals surface area contributed by atoms with E-state index in [0.717, 1.165) is 30.2 Å². The minimum Gasteiger partial charge on any atom is -0.349 e. The molecule has 0 unspecified atom stereocenters. The van der Waals surface area contributed by atoms with E-state index in [-0.39, 0.29) is 5.91 Å². The van der Waals surface area contributed by atoms with Crippen LogP contribution in [-0.2, 0) is 0 Å². The maximum Gasteiger partial charge on any atom is 0.253 e. The molecule has 1 aromatic rings. The molecule has 1 aromatic heterocycles. The molecule has 5 heteroatoms. The van der Waals surface area contributed by atoms with Crippen molar-refractivity contribution in [3.05, 3.63) is 23.9 Å². The predicted molar refractivity (Wildman–Crippen MR) is 95.0 cm³/mol. The minimum absolute atomic E-state index is 0.0225. The lowest BCUT2D eigenvalue weighted by molar-refractivity contribution is 0.0937. The van der Waals surface area contributed by atoms with Crippen LogP contribution in [0.3, 0.4) is 0 Å². The molecule has 2 heterocycles. The molecule has 1 amide bonds. The fraction of sp³-hybridized carbons (Fsp3) is 0.667. The quantitative estimate of drug-likeness (QED) is 0.811. The number of nitrogens with one attached hydrogen (secondary N) is 1. The number of hydrogen-bond donors (Lipinski definition) is 1. The summed E-state index contributed by atoms with van der Waals surface area (Å²) >= 11 is 1.78. The van der Waals surface area contributed by atoms with Crippen molar-refractivity contribution in [1.82, 2.24) is 15.2 Å². The minimum atomic E-state index is 0.0225. The first-order valence-corrected chi connectivity index (χ1v) is 9.92. The van der Waals surface area contributed by atoms with E-state index in [1.165, 1.54) is 45.2 Å². The standard InChI is InChI=1S/C18H27N3OS/c22-18(20-16-6-2-3-7-16)15-8-9-17(19-14-15)23-13-12-21-10-4-1-5-11-21/h8-9,14,16H,1-7,10-13H2,(H,20,22). The highest BCUT2D eigenvalue weighted by Gasteiger charge is 2.18. The average molecular weight is 334 g/mol. The van der Waals surface area contributed by atoms with Gasteiger partial charge in [-0.1, -0.05) is 19.3 Å². The van der Waals surface area contributed by atoms with E-state index >= 15 is 0 Å². The van der Waals surface area contributed by atoms with Crippen LogP contribution in [0.2, 0.25) is 0 Å². The van der Waals surface area contributed by atoms with Crippen molar-refractivity contribution in [2.75, 3.05) is 25.4 Å². The molecule has 0 atom stereocenters. The van der Waals surface area contributed by atoms with Crippen molar-refractivity contribution in [3.63, 3.8) is 0 Å². The third-order valence-electron chi connectivity index (χ3n) is 4.80. The summed E-state index contributed by atoms with van der Waals surface area (Å²) in [5.74, 6) is 1.09. The normalized spacial score (nSPS) is 19.8. The number of piperidine rings is 1. The Labute approximate surface area is 143 Å². The molecule has 0 radical (unpaired) electrons. The second-order valence-corrected chi connectivity index (χ2v) is 7.71.